The summed E-state index contributed by atoms with van der Waals surface area (Å²) in [6.07, 6.45) is 1.92. The first-order valence-corrected chi connectivity index (χ1v) is 7.19. The van der Waals surface area contributed by atoms with Crippen molar-refractivity contribution in [3.8, 4) is 5.75 Å². The fourth-order valence-electron chi connectivity index (χ4n) is 2.22. The van der Waals surface area contributed by atoms with Gasteiger partial charge >= 0.3 is 5.69 Å². The van der Waals surface area contributed by atoms with Crippen molar-refractivity contribution < 1.29 is 9.53 Å². The molecule has 2 N–H and O–H groups in total. The predicted octanol–water partition coefficient (Wildman–Crippen LogP) is 0.213. The van der Waals surface area contributed by atoms with E-state index in [9.17, 15) is 14.4 Å². The lowest BCUT2D eigenvalue weighted by molar-refractivity contribution is -0.121. The molecule has 23 heavy (non-hydrogen) atoms. The monoisotopic (exact) mass is 317 g/mol. The third-order valence-electron chi connectivity index (χ3n) is 3.36. The van der Waals surface area contributed by atoms with Crippen LogP contribution in [0.25, 0.3) is 0 Å². The molecule has 1 heterocycles. The summed E-state index contributed by atoms with van der Waals surface area (Å²) < 4.78 is 6.43. The third kappa shape index (κ3) is 4.57. The fourth-order valence-corrected chi connectivity index (χ4v) is 2.22. The molecule has 7 heteroatoms. The number of amides is 1. The van der Waals surface area contributed by atoms with Crippen LogP contribution in [0.4, 0.5) is 0 Å². The molecule has 122 valence electrons. The number of benzene rings is 1. The Hall–Kier alpha value is -2.83. The largest absolute Gasteiger partial charge is 0.496 e. The van der Waals surface area contributed by atoms with Gasteiger partial charge in [-0.1, -0.05) is 17.7 Å². The molecule has 0 unspecified atom stereocenters. The molecule has 0 atom stereocenters. The van der Waals surface area contributed by atoms with Crippen molar-refractivity contribution in [1.82, 2.24) is 14.9 Å². The number of aromatic nitrogens is 2. The summed E-state index contributed by atoms with van der Waals surface area (Å²) in [5.41, 5.74) is 1.03. The average Bonchev–Trinajstić information content (AvgIpc) is 2.50. The van der Waals surface area contributed by atoms with E-state index < -0.39 is 11.2 Å². The van der Waals surface area contributed by atoms with E-state index in [1.807, 2.05) is 25.1 Å². The number of methoxy groups -OCH3 is 1. The van der Waals surface area contributed by atoms with Crippen molar-refractivity contribution in [1.29, 1.82) is 0 Å². The molecular weight excluding hydrogens is 298 g/mol. The van der Waals surface area contributed by atoms with Crippen LogP contribution in [0.5, 0.6) is 5.75 Å². The molecule has 7 nitrogen and oxygen atoms in total. The summed E-state index contributed by atoms with van der Waals surface area (Å²) in [7, 11) is 1.61. The number of nitrogens with one attached hydrogen (secondary N) is 2. The highest BCUT2D eigenvalue weighted by atomic mass is 16.5. The van der Waals surface area contributed by atoms with Gasteiger partial charge in [0.15, 0.2) is 0 Å². The Kier molecular flexibility index (Phi) is 5.35. The van der Waals surface area contributed by atoms with Gasteiger partial charge in [-0.25, -0.2) is 4.79 Å². The Balaban J connectivity index is 1.91. The Morgan fingerprint density at radius 2 is 2.09 bits per heavy atom. The first kappa shape index (κ1) is 16.5. The Morgan fingerprint density at radius 1 is 1.30 bits per heavy atom. The molecule has 1 amide bonds. The Bertz CT molecular complexity index is 807. The van der Waals surface area contributed by atoms with Gasteiger partial charge in [0, 0.05) is 18.8 Å². The van der Waals surface area contributed by atoms with E-state index in [0.717, 1.165) is 21.4 Å². The van der Waals surface area contributed by atoms with E-state index in [1.54, 1.807) is 7.11 Å². The van der Waals surface area contributed by atoms with Crippen LogP contribution in [0, 0.1) is 6.92 Å². The van der Waals surface area contributed by atoms with Crippen molar-refractivity contribution in [2.75, 3.05) is 13.7 Å². The second-order valence-electron chi connectivity index (χ2n) is 5.15. The summed E-state index contributed by atoms with van der Waals surface area (Å²) in [6, 6.07) is 7.07. The Labute approximate surface area is 132 Å². The molecule has 0 saturated heterocycles. The van der Waals surface area contributed by atoms with Crippen LogP contribution >= 0.6 is 0 Å². The van der Waals surface area contributed by atoms with Crippen molar-refractivity contribution in [2.24, 2.45) is 0 Å². The third-order valence-corrected chi connectivity index (χ3v) is 3.36. The van der Waals surface area contributed by atoms with Crippen LogP contribution in [0.2, 0.25) is 0 Å². The predicted molar refractivity (Wildman–Crippen MR) is 85.8 cm³/mol. The maximum atomic E-state index is 11.9. The van der Waals surface area contributed by atoms with Gasteiger partial charge in [-0.3, -0.25) is 19.1 Å². The van der Waals surface area contributed by atoms with Crippen molar-refractivity contribution in [2.45, 2.75) is 19.9 Å². The van der Waals surface area contributed by atoms with Gasteiger partial charge in [0.25, 0.3) is 5.56 Å². The number of carbonyl (C=O) groups excluding carboxylic acids is 1. The lowest BCUT2D eigenvalue weighted by Crippen LogP contribution is -2.36. The lowest BCUT2D eigenvalue weighted by Gasteiger charge is -2.10. The molecule has 0 aliphatic carbocycles. The summed E-state index contributed by atoms with van der Waals surface area (Å²) in [4.78, 5) is 36.4. The average molecular weight is 317 g/mol. The highest BCUT2D eigenvalue weighted by Gasteiger charge is 2.06. The van der Waals surface area contributed by atoms with E-state index >= 15 is 0 Å². The van der Waals surface area contributed by atoms with Gasteiger partial charge in [-0.15, -0.1) is 0 Å². The summed E-state index contributed by atoms with van der Waals surface area (Å²) in [6.45, 7) is 2.28. The van der Waals surface area contributed by atoms with Crippen molar-refractivity contribution in [3.63, 3.8) is 0 Å². The number of ether oxygens (including phenoxy) is 1. The molecule has 2 rings (SSSR count). The number of hydrogen-bond acceptors (Lipinski definition) is 4. The first-order chi connectivity index (χ1) is 11.0. The topological polar surface area (TPSA) is 93.2 Å². The summed E-state index contributed by atoms with van der Waals surface area (Å²) >= 11 is 0. The zero-order chi connectivity index (χ0) is 16.8. The SMILES string of the molecule is COc1ccc(C)cc1CCNC(=O)Cn1ccc(=O)[nH]c1=O. The minimum atomic E-state index is -0.604. The molecule has 0 aliphatic rings. The van der Waals surface area contributed by atoms with Gasteiger partial charge in [-0.2, -0.15) is 0 Å². The van der Waals surface area contributed by atoms with Gasteiger partial charge in [0.2, 0.25) is 5.91 Å². The fraction of sp³-hybridized carbons (Fsp3) is 0.312. The zero-order valence-electron chi connectivity index (χ0n) is 13.1. The molecule has 2 aromatic rings. The van der Waals surface area contributed by atoms with E-state index in [-0.39, 0.29) is 12.5 Å². The van der Waals surface area contributed by atoms with E-state index in [2.05, 4.69) is 10.3 Å². The number of H-pyrrole nitrogens is 1. The summed E-state index contributed by atoms with van der Waals surface area (Å²) in [5, 5.41) is 2.75. The zero-order valence-corrected chi connectivity index (χ0v) is 13.1. The van der Waals surface area contributed by atoms with Crippen molar-refractivity contribution in [3.05, 3.63) is 62.4 Å². The molecule has 1 aromatic heterocycles. The van der Waals surface area contributed by atoms with E-state index in [0.29, 0.717) is 13.0 Å². The number of nitrogens with zero attached hydrogens (tertiary/aromatic N) is 1. The van der Waals surface area contributed by atoms with Crippen LogP contribution in [0.1, 0.15) is 11.1 Å². The standard InChI is InChI=1S/C16H19N3O4/c1-11-3-4-13(23-2)12(9-11)5-7-17-15(21)10-19-8-6-14(20)18-16(19)22/h3-4,6,8-9H,5,7,10H2,1-2H3,(H,17,21)(H,18,20,22). The molecule has 0 fully saturated rings. The maximum absolute atomic E-state index is 11.9. The summed E-state index contributed by atoms with van der Waals surface area (Å²) in [5.74, 6) is 0.479. The minimum Gasteiger partial charge on any atom is -0.496 e. The quantitative estimate of drug-likeness (QED) is 0.796. The van der Waals surface area contributed by atoms with Gasteiger partial charge in [-0.05, 0) is 25.0 Å². The van der Waals surface area contributed by atoms with Gasteiger partial charge in [0.1, 0.15) is 12.3 Å². The van der Waals surface area contributed by atoms with E-state index in [4.69, 9.17) is 4.74 Å². The minimum absolute atomic E-state index is 0.138. The number of carbonyl (C=O) groups is 1. The highest BCUT2D eigenvalue weighted by Crippen LogP contribution is 2.19. The molecular formula is C16H19N3O4. The second kappa shape index (κ2) is 7.44. The van der Waals surface area contributed by atoms with Crippen LogP contribution < -0.4 is 21.3 Å². The highest BCUT2D eigenvalue weighted by molar-refractivity contribution is 5.75. The molecule has 0 radical (unpaired) electrons. The normalized spacial score (nSPS) is 10.3. The van der Waals surface area contributed by atoms with Crippen LogP contribution in [-0.4, -0.2) is 29.1 Å². The van der Waals surface area contributed by atoms with Gasteiger partial charge < -0.3 is 10.1 Å². The smallest absolute Gasteiger partial charge is 0.328 e. The molecule has 0 saturated carbocycles. The van der Waals surface area contributed by atoms with Crippen LogP contribution in [0.3, 0.4) is 0 Å². The number of rotatable bonds is 6. The van der Waals surface area contributed by atoms with Gasteiger partial charge in [0.05, 0.1) is 7.11 Å². The number of aromatic amines is 1. The van der Waals surface area contributed by atoms with Crippen LogP contribution in [-0.2, 0) is 17.8 Å². The Morgan fingerprint density at radius 3 is 2.78 bits per heavy atom. The second-order valence-corrected chi connectivity index (χ2v) is 5.15. The van der Waals surface area contributed by atoms with E-state index in [1.165, 1.54) is 12.3 Å². The number of hydrogen-bond donors (Lipinski definition) is 2. The number of aryl methyl sites for hydroxylation is 1. The molecule has 0 aliphatic heterocycles. The van der Waals surface area contributed by atoms with Crippen LogP contribution in [0.15, 0.2) is 40.1 Å². The first-order valence-electron chi connectivity index (χ1n) is 7.19. The molecule has 1 aromatic carbocycles. The van der Waals surface area contributed by atoms with Crippen molar-refractivity contribution >= 4 is 5.91 Å². The maximum Gasteiger partial charge on any atom is 0.328 e. The molecule has 0 bridgehead atoms. The molecule has 0 spiro atoms. The lowest BCUT2D eigenvalue weighted by atomic mass is 10.1.